The molecule has 0 radical (unpaired) electrons. The number of benzene rings is 1. The Morgan fingerprint density at radius 2 is 1.93 bits per heavy atom. The van der Waals surface area contributed by atoms with E-state index < -0.39 is 11.1 Å². The molecular formula is C20H20N6O2S. The third kappa shape index (κ3) is 2.84. The molecule has 3 aromatic heterocycles. The highest BCUT2D eigenvalue weighted by atomic mass is 32.1. The van der Waals surface area contributed by atoms with Gasteiger partial charge in [0.2, 0.25) is 5.95 Å². The minimum Gasteiger partial charge on any atom is -0.324 e. The number of hydrogen-bond donors (Lipinski definition) is 1. The zero-order chi connectivity index (χ0) is 20.3. The smallest absolute Gasteiger partial charge is 0.318 e. The summed E-state index contributed by atoms with van der Waals surface area (Å²) in [6, 6.07) is 4.11. The first-order valence-electron chi connectivity index (χ1n) is 9.55. The van der Waals surface area contributed by atoms with Crippen molar-refractivity contribution in [2.75, 3.05) is 5.32 Å². The van der Waals surface area contributed by atoms with Gasteiger partial charge in [0.1, 0.15) is 5.52 Å². The van der Waals surface area contributed by atoms with Gasteiger partial charge in [0.05, 0.1) is 21.4 Å². The number of fused-ring (bicyclic) bond motifs is 2. The van der Waals surface area contributed by atoms with Gasteiger partial charge in [-0.3, -0.25) is 14.2 Å². The number of rotatable bonds is 3. The van der Waals surface area contributed by atoms with Crippen LogP contribution in [0.1, 0.15) is 35.9 Å². The van der Waals surface area contributed by atoms with Crippen molar-refractivity contribution in [1.29, 1.82) is 0 Å². The Hall–Kier alpha value is -3.07. The number of nitrogens with zero attached hydrogens (tertiary/aromatic N) is 5. The van der Waals surface area contributed by atoms with Crippen LogP contribution in [-0.2, 0) is 7.05 Å². The van der Waals surface area contributed by atoms with Crippen LogP contribution in [0.4, 0.5) is 11.6 Å². The molecule has 5 rings (SSSR count). The third-order valence-electron chi connectivity index (χ3n) is 5.57. The van der Waals surface area contributed by atoms with E-state index in [9.17, 15) is 9.59 Å². The van der Waals surface area contributed by atoms with Crippen molar-refractivity contribution >= 4 is 44.4 Å². The number of aromatic nitrogens is 5. The van der Waals surface area contributed by atoms with Gasteiger partial charge in [-0.15, -0.1) is 11.3 Å². The maximum atomic E-state index is 12.7. The van der Waals surface area contributed by atoms with Crippen LogP contribution in [0.3, 0.4) is 0 Å². The predicted molar refractivity (Wildman–Crippen MR) is 114 cm³/mol. The Morgan fingerprint density at radius 3 is 2.66 bits per heavy atom. The van der Waals surface area contributed by atoms with Crippen molar-refractivity contribution in [1.82, 2.24) is 24.1 Å². The molecule has 1 N–H and O–H groups in total. The molecule has 1 fully saturated rings. The van der Waals surface area contributed by atoms with Crippen LogP contribution >= 0.6 is 11.3 Å². The first-order chi connectivity index (χ1) is 13.9. The van der Waals surface area contributed by atoms with Crippen molar-refractivity contribution in [2.24, 2.45) is 7.05 Å². The molecule has 1 aliphatic carbocycles. The third-order valence-corrected chi connectivity index (χ3v) is 6.51. The molecule has 4 aromatic rings. The highest BCUT2D eigenvalue weighted by Crippen LogP contribution is 2.32. The molecule has 0 bridgehead atoms. The molecule has 0 amide bonds. The van der Waals surface area contributed by atoms with E-state index in [1.54, 1.807) is 29.1 Å². The molecule has 0 aliphatic heterocycles. The molecule has 3 heterocycles. The maximum Gasteiger partial charge on any atom is 0.318 e. The largest absolute Gasteiger partial charge is 0.324 e. The molecule has 1 saturated carbocycles. The van der Waals surface area contributed by atoms with E-state index in [-0.39, 0.29) is 6.04 Å². The highest BCUT2D eigenvalue weighted by Gasteiger charge is 2.25. The van der Waals surface area contributed by atoms with Crippen molar-refractivity contribution in [3.05, 3.63) is 49.6 Å². The molecule has 29 heavy (non-hydrogen) atoms. The van der Waals surface area contributed by atoms with E-state index in [1.165, 1.54) is 4.57 Å². The Kier molecular flexibility index (Phi) is 4.02. The zero-order valence-corrected chi connectivity index (χ0v) is 17.2. The zero-order valence-electron chi connectivity index (χ0n) is 16.4. The SMILES string of the molecule is Cc1nc2cc(C)c(Nc3ncc4c(n3)n(C3CCC3)c(=O)c(=O)n4C)cc2s1. The first kappa shape index (κ1) is 18.0. The predicted octanol–water partition coefficient (Wildman–Crippen LogP) is 3.19. The average molecular weight is 408 g/mol. The van der Waals surface area contributed by atoms with Gasteiger partial charge in [-0.05, 0) is 50.8 Å². The summed E-state index contributed by atoms with van der Waals surface area (Å²) in [5.74, 6) is 0.396. The second kappa shape index (κ2) is 6.48. The van der Waals surface area contributed by atoms with E-state index in [4.69, 9.17) is 0 Å². The summed E-state index contributed by atoms with van der Waals surface area (Å²) in [5.41, 5.74) is 2.88. The molecule has 0 unspecified atom stereocenters. The van der Waals surface area contributed by atoms with Gasteiger partial charge in [-0.1, -0.05) is 0 Å². The lowest BCUT2D eigenvalue weighted by Crippen LogP contribution is -2.43. The van der Waals surface area contributed by atoms with Gasteiger partial charge in [-0.2, -0.15) is 4.98 Å². The van der Waals surface area contributed by atoms with Crippen LogP contribution in [0.25, 0.3) is 21.4 Å². The molecule has 1 aliphatic rings. The number of thiazole rings is 1. The van der Waals surface area contributed by atoms with Crippen molar-refractivity contribution in [2.45, 2.75) is 39.2 Å². The molecule has 8 nitrogen and oxygen atoms in total. The Labute approximate surface area is 169 Å². The van der Waals surface area contributed by atoms with Crippen LogP contribution < -0.4 is 16.4 Å². The first-order valence-corrected chi connectivity index (χ1v) is 10.4. The van der Waals surface area contributed by atoms with Gasteiger partial charge >= 0.3 is 11.1 Å². The van der Waals surface area contributed by atoms with Gasteiger partial charge in [0.15, 0.2) is 5.65 Å². The van der Waals surface area contributed by atoms with Gasteiger partial charge in [0, 0.05) is 18.8 Å². The van der Waals surface area contributed by atoms with E-state index in [0.29, 0.717) is 17.1 Å². The monoisotopic (exact) mass is 408 g/mol. The van der Waals surface area contributed by atoms with Gasteiger partial charge < -0.3 is 9.88 Å². The quantitative estimate of drug-likeness (QED) is 0.523. The van der Waals surface area contributed by atoms with Crippen LogP contribution in [-0.4, -0.2) is 24.1 Å². The second-order valence-electron chi connectivity index (χ2n) is 7.52. The summed E-state index contributed by atoms with van der Waals surface area (Å²) in [6.45, 7) is 4.00. The van der Waals surface area contributed by atoms with E-state index >= 15 is 0 Å². The molecule has 1 aromatic carbocycles. The Bertz CT molecular complexity index is 1400. The summed E-state index contributed by atoms with van der Waals surface area (Å²) in [7, 11) is 1.58. The number of hydrogen-bond acceptors (Lipinski definition) is 7. The number of aryl methyl sites for hydroxylation is 3. The van der Waals surface area contributed by atoms with Crippen molar-refractivity contribution in [3.8, 4) is 0 Å². The van der Waals surface area contributed by atoms with E-state index in [1.807, 2.05) is 26.0 Å². The van der Waals surface area contributed by atoms with E-state index in [0.717, 1.165) is 45.7 Å². The second-order valence-corrected chi connectivity index (χ2v) is 8.75. The molecule has 0 atom stereocenters. The fourth-order valence-corrected chi connectivity index (χ4v) is 4.57. The Balaban J connectivity index is 1.65. The van der Waals surface area contributed by atoms with Crippen LogP contribution in [0.2, 0.25) is 0 Å². The number of nitrogens with one attached hydrogen (secondary N) is 1. The fraction of sp³-hybridized carbons (Fsp3) is 0.350. The maximum absolute atomic E-state index is 12.7. The summed E-state index contributed by atoms with van der Waals surface area (Å²) >= 11 is 1.64. The van der Waals surface area contributed by atoms with Crippen molar-refractivity contribution in [3.63, 3.8) is 0 Å². The van der Waals surface area contributed by atoms with Crippen LogP contribution in [0.15, 0.2) is 27.9 Å². The molecule has 0 saturated heterocycles. The molecule has 148 valence electrons. The fourth-order valence-electron chi connectivity index (χ4n) is 3.72. The minimum atomic E-state index is -0.546. The van der Waals surface area contributed by atoms with Crippen LogP contribution in [0.5, 0.6) is 0 Å². The Morgan fingerprint density at radius 1 is 1.14 bits per heavy atom. The normalized spacial score (nSPS) is 14.4. The topological polar surface area (TPSA) is 94.7 Å². The molecule has 9 heteroatoms. The molecule has 0 spiro atoms. The summed E-state index contributed by atoms with van der Waals surface area (Å²) in [6.07, 6.45) is 4.42. The van der Waals surface area contributed by atoms with E-state index in [2.05, 4.69) is 20.3 Å². The lowest BCUT2D eigenvalue weighted by atomic mass is 9.93. The summed E-state index contributed by atoms with van der Waals surface area (Å²) in [4.78, 5) is 38.6. The van der Waals surface area contributed by atoms with Crippen LogP contribution in [0, 0.1) is 13.8 Å². The standard InChI is InChI=1S/C20H20N6O2S/c1-10-7-14-16(29-11(2)22-14)8-13(10)23-20-21-9-15-17(24-20)26(12-5-4-6-12)19(28)18(27)25(15)3/h7-9,12H,4-6H2,1-3H3,(H,21,23,24). The minimum absolute atomic E-state index is 0.0277. The number of anilines is 2. The lowest BCUT2D eigenvalue weighted by Gasteiger charge is -2.28. The van der Waals surface area contributed by atoms with Gasteiger partial charge in [0.25, 0.3) is 0 Å². The lowest BCUT2D eigenvalue weighted by molar-refractivity contribution is 0.311. The highest BCUT2D eigenvalue weighted by molar-refractivity contribution is 7.18. The summed E-state index contributed by atoms with van der Waals surface area (Å²) in [5, 5.41) is 4.29. The summed E-state index contributed by atoms with van der Waals surface area (Å²) < 4.78 is 3.97. The molecular weight excluding hydrogens is 388 g/mol. The average Bonchev–Trinajstić information content (AvgIpc) is 3.00. The van der Waals surface area contributed by atoms with Crippen molar-refractivity contribution < 1.29 is 0 Å². The van der Waals surface area contributed by atoms with Gasteiger partial charge in [-0.25, -0.2) is 9.97 Å².